The molecule has 0 bridgehead atoms. The Labute approximate surface area is 86.9 Å². The molecule has 1 unspecified atom stereocenters. The monoisotopic (exact) mass is 197 g/mol. The van der Waals surface area contributed by atoms with Gasteiger partial charge in [0, 0.05) is 11.5 Å². The van der Waals surface area contributed by atoms with Crippen LogP contribution in [-0.4, -0.2) is 17.8 Å². The van der Waals surface area contributed by atoms with Gasteiger partial charge < -0.3 is 10.8 Å². The molecule has 0 spiro atoms. The molecular formula is C12H23NO. The molecule has 3 N–H and O–H groups in total. The van der Waals surface area contributed by atoms with E-state index >= 15 is 0 Å². The van der Waals surface area contributed by atoms with Crippen LogP contribution in [0.15, 0.2) is 0 Å². The lowest BCUT2D eigenvalue weighted by molar-refractivity contribution is -0.00607. The summed E-state index contributed by atoms with van der Waals surface area (Å²) in [5.74, 6) is 0.691. The Balaban J connectivity index is 1.94. The summed E-state index contributed by atoms with van der Waals surface area (Å²) >= 11 is 0. The molecule has 2 rings (SSSR count). The molecule has 82 valence electrons. The molecule has 2 aliphatic rings. The normalized spacial score (nSPS) is 29.6. The van der Waals surface area contributed by atoms with E-state index in [1.54, 1.807) is 0 Å². The van der Waals surface area contributed by atoms with E-state index in [-0.39, 0.29) is 11.5 Å². The zero-order valence-corrected chi connectivity index (χ0v) is 9.04. The molecule has 0 radical (unpaired) electrons. The van der Waals surface area contributed by atoms with Crippen LogP contribution in [0, 0.1) is 11.3 Å². The van der Waals surface area contributed by atoms with Gasteiger partial charge in [0.25, 0.3) is 0 Å². The third-order valence-electron chi connectivity index (χ3n) is 4.53. The highest BCUT2D eigenvalue weighted by Gasteiger charge is 2.44. The van der Waals surface area contributed by atoms with E-state index < -0.39 is 0 Å². The molecule has 1 atom stereocenters. The van der Waals surface area contributed by atoms with Gasteiger partial charge in [-0.05, 0) is 31.6 Å². The molecule has 14 heavy (non-hydrogen) atoms. The van der Waals surface area contributed by atoms with Gasteiger partial charge in [-0.15, -0.1) is 0 Å². The summed E-state index contributed by atoms with van der Waals surface area (Å²) in [7, 11) is 0. The van der Waals surface area contributed by atoms with Crippen LogP contribution in [0.3, 0.4) is 0 Å². The zero-order chi connectivity index (χ0) is 10.0. The van der Waals surface area contributed by atoms with Crippen molar-refractivity contribution in [1.82, 2.24) is 0 Å². The van der Waals surface area contributed by atoms with Gasteiger partial charge >= 0.3 is 0 Å². The minimum atomic E-state index is 0.113. The Morgan fingerprint density at radius 2 is 1.79 bits per heavy atom. The van der Waals surface area contributed by atoms with Gasteiger partial charge in [0.2, 0.25) is 0 Å². The first-order valence-electron chi connectivity index (χ1n) is 6.15. The maximum atomic E-state index is 9.46. The molecule has 0 aromatic rings. The lowest BCUT2D eigenvalue weighted by Crippen LogP contribution is -2.53. The predicted molar refractivity (Wildman–Crippen MR) is 57.9 cm³/mol. The molecule has 2 heteroatoms. The van der Waals surface area contributed by atoms with Crippen LogP contribution in [0.5, 0.6) is 0 Å². The molecule has 2 aliphatic carbocycles. The van der Waals surface area contributed by atoms with Gasteiger partial charge in [-0.25, -0.2) is 0 Å². The first kappa shape index (κ1) is 10.4. The average molecular weight is 197 g/mol. The van der Waals surface area contributed by atoms with Crippen LogP contribution in [0.25, 0.3) is 0 Å². The van der Waals surface area contributed by atoms with Gasteiger partial charge in [-0.1, -0.05) is 25.7 Å². The SMILES string of the molecule is NC(C1CCCCC1)C1(CO)CCC1. The maximum Gasteiger partial charge on any atom is 0.0502 e. The lowest BCUT2D eigenvalue weighted by Gasteiger charge is -2.48. The lowest BCUT2D eigenvalue weighted by atomic mass is 9.60. The predicted octanol–water partition coefficient (Wildman–Crippen LogP) is 2.06. The van der Waals surface area contributed by atoms with Crippen LogP contribution < -0.4 is 5.73 Å². The van der Waals surface area contributed by atoms with Crippen molar-refractivity contribution < 1.29 is 5.11 Å². The van der Waals surface area contributed by atoms with Crippen LogP contribution in [-0.2, 0) is 0 Å². The number of aliphatic hydroxyl groups is 1. The van der Waals surface area contributed by atoms with Crippen molar-refractivity contribution in [3.05, 3.63) is 0 Å². The highest BCUT2D eigenvalue weighted by Crippen LogP contribution is 2.46. The van der Waals surface area contributed by atoms with Crippen molar-refractivity contribution in [1.29, 1.82) is 0 Å². The van der Waals surface area contributed by atoms with Crippen LogP contribution in [0.2, 0.25) is 0 Å². The van der Waals surface area contributed by atoms with Crippen LogP contribution >= 0.6 is 0 Å². The van der Waals surface area contributed by atoms with Gasteiger partial charge in [0.05, 0.1) is 6.61 Å². The second-order valence-electron chi connectivity index (χ2n) is 5.30. The first-order chi connectivity index (χ1) is 6.78. The van der Waals surface area contributed by atoms with Crippen LogP contribution in [0.1, 0.15) is 51.4 Å². The van der Waals surface area contributed by atoms with E-state index in [1.807, 2.05) is 0 Å². The summed E-state index contributed by atoms with van der Waals surface area (Å²) in [4.78, 5) is 0. The van der Waals surface area contributed by atoms with Crippen LogP contribution in [0.4, 0.5) is 0 Å². The van der Waals surface area contributed by atoms with Crippen molar-refractivity contribution in [3.8, 4) is 0 Å². The summed E-state index contributed by atoms with van der Waals surface area (Å²) in [6, 6.07) is 0.265. The topological polar surface area (TPSA) is 46.2 Å². The van der Waals surface area contributed by atoms with Crippen molar-refractivity contribution in [3.63, 3.8) is 0 Å². The fraction of sp³-hybridized carbons (Fsp3) is 1.00. The first-order valence-corrected chi connectivity index (χ1v) is 6.15. The molecule has 2 saturated carbocycles. The molecule has 0 heterocycles. The Bertz CT molecular complexity index is 177. The van der Waals surface area contributed by atoms with E-state index in [2.05, 4.69) is 0 Å². The van der Waals surface area contributed by atoms with E-state index in [0.29, 0.717) is 12.5 Å². The summed E-state index contributed by atoms with van der Waals surface area (Å²) < 4.78 is 0. The molecule has 2 fully saturated rings. The summed E-state index contributed by atoms with van der Waals surface area (Å²) in [5, 5.41) is 9.46. The Hall–Kier alpha value is -0.0800. The summed E-state index contributed by atoms with van der Waals surface area (Å²) in [6.07, 6.45) is 10.2. The Morgan fingerprint density at radius 3 is 2.21 bits per heavy atom. The summed E-state index contributed by atoms with van der Waals surface area (Å²) in [6.45, 7) is 0.310. The van der Waals surface area contributed by atoms with Gasteiger partial charge in [-0.2, -0.15) is 0 Å². The van der Waals surface area contributed by atoms with Gasteiger partial charge in [0.1, 0.15) is 0 Å². The maximum absolute atomic E-state index is 9.46. The number of hydrogen-bond donors (Lipinski definition) is 2. The minimum Gasteiger partial charge on any atom is -0.396 e. The number of aliphatic hydroxyl groups excluding tert-OH is 1. The molecule has 0 aliphatic heterocycles. The minimum absolute atomic E-state index is 0.113. The second-order valence-corrected chi connectivity index (χ2v) is 5.30. The molecule has 0 saturated heterocycles. The van der Waals surface area contributed by atoms with Crippen molar-refractivity contribution in [2.24, 2.45) is 17.1 Å². The fourth-order valence-electron chi connectivity index (χ4n) is 3.22. The largest absolute Gasteiger partial charge is 0.396 e. The highest BCUT2D eigenvalue weighted by molar-refractivity contribution is 4.98. The summed E-state index contributed by atoms with van der Waals surface area (Å²) in [5.41, 5.74) is 6.45. The number of nitrogens with two attached hydrogens (primary N) is 1. The molecule has 0 aromatic heterocycles. The highest BCUT2D eigenvalue weighted by atomic mass is 16.3. The number of hydrogen-bond acceptors (Lipinski definition) is 2. The van der Waals surface area contributed by atoms with E-state index in [4.69, 9.17) is 5.73 Å². The van der Waals surface area contributed by atoms with E-state index in [9.17, 15) is 5.11 Å². The average Bonchev–Trinajstić information content (AvgIpc) is 2.18. The zero-order valence-electron chi connectivity index (χ0n) is 9.04. The number of rotatable bonds is 3. The van der Waals surface area contributed by atoms with Crippen molar-refractivity contribution in [2.75, 3.05) is 6.61 Å². The molecule has 0 amide bonds. The standard InChI is InChI=1S/C12H23NO/c13-11(10-5-2-1-3-6-10)12(9-14)7-4-8-12/h10-11,14H,1-9,13H2. The van der Waals surface area contributed by atoms with Crippen molar-refractivity contribution >= 4 is 0 Å². The van der Waals surface area contributed by atoms with Gasteiger partial charge in [-0.3, -0.25) is 0 Å². The van der Waals surface area contributed by atoms with Gasteiger partial charge in [0.15, 0.2) is 0 Å². The molecular weight excluding hydrogens is 174 g/mol. The third kappa shape index (κ3) is 1.70. The smallest absolute Gasteiger partial charge is 0.0502 e. The molecule has 0 aromatic carbocycles. The fourth-order valence-corrected chi connectivity index (χ4v) is 3.22. The Kier molecular flexibility index (Phi) is 3.13. The van der Waals surface area contributed by atoms with E-state index in [0.717, 1.165) is 12.8 Å². The van der Waals surface area contributed by atoms with E-state index in [1.165, 1.54) is 38.5 Å². The quantitative estimate of drug-likeness (QED) is 0.727. The molecule has 2 nitrogen and oxygen atoms in total. The Morgan fingerprint density at radius 1 is 1.14 bits per heavy atom. The second kappa shape index (κ2) is 4.19. The third-order valence-corrected chi connectivity index (χ3v) is 4.53. The van der Waals surface area contributed by atoms with Crippen molar-refractivity contribution in [2.45, 2.75) is 57.4 Å².